The zero-order valence-corrected chi connectivity index (χ0v) is 11.1. The SMILES string of the molecule is COCCNC(=O)Nc1ccc(S(C)(=O)=O)cc1. The zero-order valence-electron chi connectivity index (χ0n) is 10.3. The summed E-state index contributed by atoms with van der Waals surface area (Å²) in [6.45, 7) is 0.837. The monoisotopic (exact) mass is 272 g/mol. The predicted molar refractivity (Wildman–Crippen MR) is 68.4 cm³/mol. The number of amides is 2. The van der Waals surface area contributed by atoms with Gasteiger partial charge in [-0.3, -0.25) is 0 Å². The topological polar surface area (TPSA) is 84.5 Å². The molecule has 2 amide bonds. The second-order valence-electron chi connectivity index (χ2n) is 3.67. The van der Waals surface area contributed by atoms with E-state index >= 15 is 0 Å². The number of urea groups is 1. The van der Waals surface area contributed by atoms with Crippen molar-refractivity contribution in [2.75, 3.05) is 31.8 Å². The molecule has 100 valence electrons. The average molecular weight is 272 g/mol. The molecule has 0 atom stereocenters. The van der Waals surface area contributed by atoms with E-state index in [1.807, 2.05) is 0 Å². The highest BCUT2D eigenvalue weighted by Gasteiger charge is 2.07. The molecule has 0 spiro atoms. The van der Waals surface area contributed by atoms with Crippen molar-refractivity contribution in [3.05, 3.63) is 24.3 Å². The van der Waals surface area contributed by atoms with Crippen LogP contribution in [0.5, 0.6) is 0 Å². The number of sulfone groups is 1. The molecule has 0 aliphatic carbocycles. The summed E-state index contributed by atoms with van der Waals surface area (Å²) in [5, 5.41) is 5.16. The lowest BCUT2D eigenvalue weighted by Gasteiger charge is -2.07. The number of hydrogen-bond acceptors (Lipinski definition) is 4. The van der Waals surface area contributed by atoms with Gasteiger partial charge in [-0.15, -0.1) is 0 Å². The van der Waals surface area contributed by atoms with Gasteiger partial charge in [0.2, 0.25) is 0 Å². The standard InChI is InChI=1S/C11H16N2O4S/c1-17-8-7-12-11(14)13-9-3-5-10(6-4-9)18(2,15)16/h3-6H,7-8H2,1-2H3,(H2,12,13,14). The summed E-state index contributed by atoms with van der Waals surface area (Å²) in [4.78, 5) is 11.6. The van der Waals surface area contributed by atoms with Gasteiger partial charge in [0.15, 0.2) is 9.84 Å². The molecule has 0 aliphatic rings. The van der Waals surface area contributed by atoms with Crippen molar-refractivity contribution in [1.29, 1.82) is 0 Å². The molecule has 0 unspecified atom stereocenters. The van der Waals surface area contributed by atoms with Crippen LogP contribution in [0.25, 0.3) is 0 Å². The van der Waals surface area contributed by atoms with Crippen LogP contribution in [0, 0.1) is 0 Å². The fourth-order valence-corrected chi connectivity index (χ4v) is 1.86. The number of carbonyl (C=O) groups is 1. The summed E-state index contributed by atoms with van der Waals surface area (Å²) < 4.78 is 27.2. The Balaban J connectivity index is 2.56. The number of benzene rings is 1. The number of nitrogens with one attached hydrogen (secondary N) is 2. The second-order valence-corrected chi connectivity index (χ2v) is 5.69. The third-order valence-electron chi connectivity index (χ3n) is 2.13. The van der Waals surface area contributed by atoms with Crippen molar-refractivity contribution in [1.82, 2.24) is 5.32 Å². The van der Waals surface area contributed by atoms with Gasteiger partial charge in [0.25, 0.3) is 0 Å². The third-order valence-corrected chi connectivity index (χ3v) is 3.26. The van der Waals surface area contributed by atoms with Crippen molar-refractivity contribution in [2.45, 2.75) is 4.90 Å². The molecule has 6 nitrogen and oxygen atoms in total. The van der Waals surface area contributed by atoms with Crippen molar-refractivity contribution >= 4 is 21.6 Å². The minimum atomic E-state index is -3.21. The van der Waals surface area contributed by atoms with Gasteiger partial charge in [-0.2, -0.15) is 0 Å². The molecular formula is C11H16N2O4S. The number of hydrogen-bond donors (Lipinski definition) is 2. The molecule has 18 heavy (non-hydrogen) atoms. The molecule has 0 saturated heterocycles. The van der Waals surface area contributed by atoms with E-state index in [1.165, 1.54) is 24.3 Å². The molecule has 0 heterocycles. The maximum absolute atomic E-state index is 11.4. The summed E-state index contributed by atoms with van der Waals surface area (Å²) >= 11 is 0. The van der Waals surface area contributed by atoms with Gasteiger partial charge in [-0.25, -0.2) is 13.2 Å². The van der Waals surface area contributed by atoms with E-state index in [9.17, 15) is 13.2 Å². The Morgan fingerprint density at radius 2 is 1.89 bits per heavy atom. The number of ether oxygens (including phenoxy) is 1. The maximum atomic E-state index is 11.4. The first kappa shape index (κ1) is 14.5. The predicted octanol–water partition coefficient (Wildman–Crippen LogP) is 0.858. The van der Waals surface area contributed by atoms with Crippen LogP contribution in [0.3, 0.4) is 0 Å². The zero-order chi connectivity index (χ0) is 13.6. The van der Waals surface area contributed by atoms with Gasteiger partial charge >= 0.3 is 6.03 Å². The Bertz CT molecular complexity index is 496. The van der Waals surface area contributed by atoms with E-state index in [-0.39, 0.29) is 10.9 Å². The average Bonchev–Trinajstić information content (AvgIpc) is 2.29. The van der Waals surface area contributed by atoms with Gasteiger partial charge in [0.05, 0.1) is 11.5 Å². The molecule has 1 rings (SSSR count). The fraction of sp³-hybridized carbons (Fsp3) is 0.364. The maximum Gasteiger partial charge on any atom is 0.319 e. The highest BCUT2D eigenvalue weighted by molar-refractivity contribution is 7.90. The molecule has 0 radical (unpaired) electrons. The summed E-state index contributed by atoms with van der Waals surface area (Å²) in [5.74, 6) is 0. The lowest BCUT2D eigenvalue weighted by atomic mass is 10.3. The van der Waals surface area contributed by atoms with Gasteiger partial charge in [0.1, 0.15) is 0 Å². The van der Waals surface area contributed by atoms with Gasteiger partial charge in [0, 0.05) is 25.6 Å². The van der Waals surface area contributed by atoms with Crippen molar-refractivity contribution < 1.29 is 17.9 Å². The molecule has 0 fully saturated rings. The number of anilines is 1. The van der Waals surface area contributed by atoms with E-state index in [0.29, 0.717) is 18.8 Å². The minimum absolute atomic E-state index is 0.216. The van der Waals surface area contributed by atoms with Gasteiger partial charge < -0.3 is 15.4 Å². The summed E-state index contributed by atoms with van der Waals surface area (Å²) in [6, 6.07) is 5.60. The molecule has 0 bridgehead atoms. The molecule has 0 aromatic heterocycles. The Hall–Kier alpha value is -1.60. The molecule has 7 heteroatoms. The first-order valence-corrected chi connectivity index (χ1v) is 7.16. The smallest absolute Gasteiger partial charge is 0.319 e. The van der Waals surface area contributed by atoms with Crippen LogP contribution in [-0.2, 0) is 14.6 Å². The van der Waals surface area contributed by atoms with E-state index in [1.54, 1.807) is 7.11 Å². The van der Waals surface area contributed by atoms with Crippen molar-refractivity contribution in [2.24, 2.45) is 0 Å². The number of rotatable bonds is 5. The lowest BCUT2D eigenvalue weighted by Crippen LogP contribution is -2.31. The largest absolute Gasteiger partial charge is 0.383 e. The first-order chi connectivity index (χ1) is 8.43. The van der Waals surface area contributed by atoms with Crippen LogP contribution in [0.15, 0.2) is 29.2 Å². The van der Waals surface area contributed by atoms with Gasteiger partial charge in [-0.1, -0.05) is 0 Å². The Labute approximate surface area is 106 Å². The van der Waals surface area contributed by atoms with Crippen LogP contribution in [-0.4, -0.2) is 41.0 Å². The molecule has 0 saturated carbocycles. The van der Waals surface area contributed by atoms with E-state index in [0.717, 1.165) is 6.26 Å². The normalized spacial score (nSPS) is 11.0. The fourth-order valence-electron chi connectivity index (χ4n) is 1.23. The highest BCUT2D eigenvalue weighted by Crippen LogP contribution is 2.13. The molecule has 1 aromatic carbocycles. The van der Waals surface area contributed by atoms with E-state index in [4.69, 9.17) is 4.74 Å². The summed E-state index contributed by atoms with van der Waals surface area (Å²) in [5.41, 5.74) is 0.525. The minimum Gasteiger partial charge on any atom is -0.383 e. The second kappa shape index (κ2) is 6.36. The Morgan fingerprint density at radius 3 is 2.39 bits per heavy atom. The van der Waals surface area contributed by atoms with E-state index in [2.05, 4.69) is 10.6 Å². The summed E-state index contributed by atoms with van der Waals surface area (Å²) in [7, 11) is -1.67. The Morgan fingerprint density at radius 1 is 1.28 bits per heavy atom. The molecule has 0 aliphatic heterocycles. The van der Waals surface area contributed by atoms with Crippen LogP contribution < -0.4 is 10.6 Å². The molecule has 2 N–H and O–H groups in total. The molecule has 1 aromatic rings. The van der Waals surface area contributed by atoms with Crippen LogP contribution >= 0.6 is 0 Å². The summed E-state index contributed by atoms with van der Waals surface area (Å²) in [6.07, 6.45) is 1.13. The van der Waals surface area contributed by atoms with Crippen molar-refractivity contribution in [3.8, 4) is 0 Å². The first-order valence-electron chi connectivity index (χ1n) is 5.27. The number of carbonyl (C=O) groups excluding carboxylic acids is 1. The number of methoxy groups -OCH3 is 1. The van der Waals surface area contributed by atoms with Crippen LogP contribution in [0.1, 0.15) is 0 Å². The van der Waals surface area contributed by atoms with Crippen molar-refractivity contribution in [3.63, 3.8) is 0 Å². The quantitative estimate of drug-likeness (QED) is 0.779. The third kappa shape index (κ3) is 4.72. The van der Waals surface area contributed by atoms with Crippen LogP contribution in [0.4, 0.5) is 10.5 Å². The van der Waals surface area contributed by atoms with Crippen LogP contribution in [0.2, 0.25) is 0 Å². The highest BCUT2D eigenvalue weighted by atomic mass is 32.2. The van der Waals surface area contributed by atoms with E-state index < -0.39 is 9.84 Å². The van der Waals surface area contributed by atoms with Gasteiger partial charge in [-0.05, 0) is 24.3 Å². The lowest BCUT2D eigenvalue weighted by molar-refractivity contribution is 0.198. The molecular weight excluding hydrogens is 256 g/mol. The Kier molecular flexibility index (Phi) is 5.11.